The summed E-state index contributed by atoms with van der Waals surface area (Å²) in [5, 5.41) is 8.93. The van der Waals surface area contributed by atoms with Crippen molar-refractivity contribution in [2.24, 2.45) is 5.41 Å². The Labute approximate surface area is 116 Å². The number of hydrogen-bond donors (Lipinski definition) is 1. The van der Waals surface area contributed by atoms with Gasteiger partial charge >= 0.3 is 5.97 Å². The molecular weight excluding hydrogens is 282 g/mol. The number of carbonyl (C=O) groups excluding carboxylic acids is 1. The van der Waals surface area contributed by atoms with Crippen molar-refractivity contribution in [3.63, 3.8) is 0 Å². The number of rotatable bonds is 2. The normalized spacial score (nSPS) is 25.4. The Hall–Kier alpha value is -1.89. The van der Waals surface area contributed by atoms with E-state index in [2.05, 4.69) is 0 Å². The molecule has 6 nitrogen and oxygen atoms in total. The number of aromatic carboxylic acids is 1. The van der Waals surface area contributed by atoms with Gasteiger partial charge in [0.15, 0.2) is 0 Å². The maximum atomic E-state index is 12.5. The predicted molar refractivity (Wildman–Crippen MR) is 68.9 cm³/mol. The standard InChI is InChI=1S/C13H13NO5S/c1-13(2)6-10(13)14-11(15)8-4-3-7(12(16)17)5-9(8)20(14,18)19/h3-5,10H,6H2,1-2H3,(H,16,17). The van der Waals surface area contributed by atoms with E-state index in [0.717, 1.165) is 10.4 Å². The van der Waals surface area contributed by atoms with Crippen LogP contribution in [0.3, 0.4) is 0 Å². The Morgan fingerprint density at radius 3 is 2.50 bits per heavy atom. The van der Waals surface area contributed by atoms with Gasteiger partial charge in [-0.3, -0.25) is 4.79 Å². The zero-order valence-electron chi connectivity index (χ0n) is 11.0. The van der Waals surface area contributed by atoms with Crippen LogP contribution in [0.1, 0.15) is 41.0 Å². The summed E-state index contributed by atoms with van der Waals surface area (Å²) in [5.41, 5.74) is -0.310. The monoisotopic (exact) mass is 295 g/mol. The molecule has 1 aromatic rings. The van der Waals surface area contributed by atoms with Crippen LogP contribution in [-0.2, 0) is 10.0 Å². The number of fused-ring (bicyclic) bond motifs is 1. The van der Waals surface area contributed by atoms with Gasteiger partial charge in [-0.25, -0.2) is 17.5 Å². The fourth-order valence-electron chi connectivity index (χ4n) is 2.53. The molecule has 7 heteroatoms. The Kier molecular flexibility index (Phi) is 2.36. The van der Waals surface area contributed by atoms with Crippen LogP contribution in [-0.4, -0.2) is 35.7 Å². The summed E-state index contributed by atoms with van der Waals surface area (Å²) in [7, 11) is -3.94. The first kappa shape index (κ1) is 13.1. The number of sulfonamides is 1. The first-order valence-electron chi connectivity index (χ1n) is 6.12. The average molecular weight is 295 g/mol. The second kappa shape index (κ2) is 3.60. The lowest BCUT2D eigenvalue weighted by atomic mass is 10.1. The van der Waals surface area contributed by atoms with E-state index < -0.39 is 21.9 Å². The second-order valence-corrected chi connectivity index (χ2v) is 7.61. The number of nitrogens with zero attached hydrogens (tertiary/aromatic N) is 1. The first-order valence-corrected chi connectivity index (χ1v) is 7.56. The van der Waals surface area contributed by atoms with Crippen LogP contribution in [0.2, 0.25) is 0 Å². The van der Waals surface area contributed by atoms with Crippen molar-refractivity contribution >= 4 is 21.9 Å². The number of carboxylic acids is 1. The van der Waals surface area contributed by atoms with E-state index in [9.17, 15) is 18.0 Å². The van der Waals surface area contributed by atoms with Gasteiger partial charge in [0, 0.05) is 0 Å². The number of amides is 1. The molecule has 1 aliphatic heterocycles. The van der Waals surface area contributed by atoms with Gasteiger partial charge in [-0.05, 0) is 30.0 Å². The van der Waals surface area contributed by atoms with Crippen LogP contribution in [0.15, 0.2) is 23.1 Å². The topological polar surface area (TPSA) is 91.8 Å². The first-order chi connectivity index (χ1) is 9.16. The molecule has 0 radical (unpaired) electrons. The number of hydrogen-bond acceptors (Lipinski definition) is 4. The SMILES string of the molecule is CC1(C)CC1N1C(=O)c2ccc(C(=O)O)cc2S1(=O)=O. The largest absolute Gasteiger partial charge is 0.478 e. The van der Waals surface area contributed by atoms with Gasteiger partial charge in [-0.15, -0.1) is 0 Å². The molecule has 1 aliphatic carbocycles. The zero-order valence-corrected chi connectivity index (χ0v) is 11.8. The summed E-state index contributed by atoms with van der Waals surface area (Å²) in [5.74, 6) is -1.78. The summed E-state index contributed by atoms with van der Waals surface area (Å²) < 4.78 is 25.8. The van der Waals surface area contributed by atoms with Crippen LogP contribution in [0.25, 0.3) is 0 Å². The zero-order chi connectivity index (χ0) is 14.9. The van der Waals surface area contributed by atoms with Crippen molar-refractivity contribution in [2.75, 3.05) is 0 Å². The lowest BCUT2D eigenvalue weighted by Crippen LogP contribution is -2.34. The highest BCUT2D eigenvalue weighted by Gasteiger charge is 2.58. The molecule has 3 rings (SSSR count). The molecule has 106 valence electrons. The van der Waals surface area contributed by atoms with Gasteiger partial charge in [-0.1, -0.05) is 13.8 Å². The molecule has 0 spiro atoms. The van der Waals surface area contributed by atoms with Crippen molar-refractivity contribution in [1.82, 2.24) is 4.31 Å². The molecule has 1 unspecified atom stereocenters. The minimum absolute atomic E-state index is 0.0534. The summed E-state index contributed by atoms with van der Waals surface area (Å²) >= 11 is 0. The molecular formula is C13H13NO5S. The maximum Gasteiger partial charge on any atom is 0.335 e. The van der Waals surface area contributed by atoms with E-state index in [1.54, 1.807) is 0 Å². The van der Waals surface area contributed by atoms with Crippen LogP contribution in [0.5, 0.6) is 0 Å². The van der Waals surface area contributed by atoms with Gasteiger partial charge < -0.3 is 5.11 Å². The molecule has 1 aromatic carbocycles. The molecule has 0 bridgehead atoms. The third-order valence-electron chi connectivity index (χ3n) is 3.94. The molecule has 1 saturated carbocycles. The number of carboxylic acid groups (broad SMARTS) is 1. The highest BCUT2D eigenvalue weighted by Crippen LogP contribution is 2.52. The molecule has 1 heterocycles. The van der Waals surface area contributed by atoms with Crippen LogP contribution >= 0.6 is 0 Å². The predicted octanol–water partition coefficient (Wildman–Crippen LogP) is 1.33. The van der Waals surface area contributed by atoms with Gasteiger partial charge in [0.05, 0.1) is 17.2 Å². The smallest absolute Gasteiger partial charge is 0.335 e. The van der Waals surface area contributed by atoms with Gasteiger partial charge in [0.25, 0.3) is 15.9 Å². The molecule has 1 amide bonds. The van der Waals surface area contributed by atoms with E-state index in [4.69, 9.17) is 5.11 Å². The Morgan fingerprint density at radius 1 is 1.40 bits per heavy atom. The lowest BCUT2D eigenvalue weighted by Gasteiger charge is -2.16. The van der Waals surface area contributed by atoms with Gasteiger partial charge in [0.1, 0.15) is 4.90 Å². The maximum absolute atomic E-state index is 12.5. The van der Waals surface area contributed by atoms with E-state index in [1.807, 2.05) is 13.8 Å². The third kappa shape index (κ3) is 1.59. The van der Waals surface area contributed by atoms with E-state index in [-0.39, 0.29) is 27.5 Å². The summed E-state index contributed by atoms with van der Waals surface area (Å²) in [6.45, 7) is 3.79. The average Bonchev–Trinajstić information content (AvgIpc) is 2.90. The van der Waals surface area contributed by atoms with E-state index >= 15 is 0 Å². The van der Waals surface area contributed by atoms with E-state index in [1.165, 1.54) is 12.1 Å². The molecule has 2 aliphatic rings. The van der Waals surface area contributed by atoms with Crippen LogP contribution in [0.4, 0.5) is 0 Å². The van der Waals surface area contributed by atoms with Gasteiger partial charge in [0.2, 0.25) is 0 Å². The Morgan fingerprint density at radius 2 is 2.00 bits per heavy atom. The number of carbonyl (C=O) groups is 2. The highest BCUT2D eigenvalue weighted by atomic mass is 32.2. The molecule has 1 N–H and O–H groups in total. The minimum atomic E-state index is -3.94. The Balaban J connectivity index is 2.14. The lowest BCUT2D eigenvalue weighted by molar-refractivity contribution is 0.0695. The van der Waals surface area contributed by atoms with Crippen molar-refractivity contribution in [1.29, 1.82) is 0 Å². The van der Waals surface area contributed by atoms with Crippen LogP contribution in [0, 0.1) is 5.41 Å². The Bertz CT molecular complexity index is 750. The fourth-order valence-corrected chi connectivity index (χ4v) is 4.46. The summed E-state index contributed by atoms with van der Waals surface area (Å²) in [4.78, 5) is 23.0. The highest BCUT2D eigenvalue weighted by molar-refractivity contribution is 7.90. The van der Waals surface area contributed by atoms with E-state index in [0.29, 0.717) is 6.42 Å². The molecule has 0 aromatic heterocycles. The fraction of sp³-hybridized carbons (Fsp3) is 0.385. The molecule has 1 fully saturated rings. The molecule has 20 heavy (non-hydrogen) atoms. The molecule has 1 atom stereocenters. The summed E-state index contributed by atoms with van der Waals surface area (Å²) in [6.07, 6.45) is 0.623. The second-order valence-electron chi connectivity index (χ2n) is 5.83. The van der Waals surface area contributed by atoms with Crippen molar-refractivity contribution < 1.29 is 23.1 Å². The molecule has 0 saturated heterocycles. The van der Waals surface area contributed by atoms with Crippen molar-refractivity contribution in [2.45, 2.75) is 31.2 Å². The summed E-state index contributed by atoms with van der Waals surface area (Å²) in [6, 6.07) is 3.23. The van der Waals surface area contributed by atoms with Crippen LogP contribution < -0.4 is 0 Å². The minimum Gasteiger partial charge on any atom is -0.478 e. The quantitative estimate of drug-likeness (QED) is 0.888. The van der Waals surface area contributed by atoms with Crippen molar-refractivity contribution in [3.05, 3.63) is 29.3 Å². The number of benzene rings is 1. The van der Waals surface area contributed by atoms with Gasteiger partial charge in [-0.2, -0.15) is 0 Å². The van der Waals surface area contributed by atoms with Crippen molar-refractivity contribution in [3.8, 4) is 0 Å². The third-order valence-corrected chi connectivity index (χ3v) is 5.77.